The first-order valence-corrected chi connectivity index (χ1v) is 12.6. The molecule has 2 aromatic heterocycles. The zero-order valence-electron chi connectivity index (χ0n) is 22.0. The number of esters is 1. The van der Waals surface area contributed by atoms with Crippen molar-refractivity contribution in [3.8, 4) is 11.4 Å². The molecule has 0 aliphatic heterocycles. The van der Waals surface area contributed by atoms with E-state index in [0.717, 1.165) is 5.56 Å². The molecule has 202 valence electrons. The number of nitrogens with zero attached hydrogens (tertiary/aromatic N) is 3. The molecule has 0 fully saturated rings. The Bertz CT molecular complexity index is 1300. The number of carbonyl (C=O) groups excluding carboxylic acids is 2. The van der Waals surface area contributed by atoms with Crippen molar-refractivity contribution in [2.75, 3.05) is 11.9 Å². The molecule has 2 heterocycles. The standard InChI is InChI=1S/C27H32ClFN6O3/c1-14(2)19-13-32-24(18-10-17(28)6-7-21(18)29)35-25(19)34-22-8-9-31-12-20(22)26(36)33-11-16(5)38-27(37)23(30)15(3)4/h6-10,12-16,23H,11,30H2,1-5H3,(H,33,36)(H,31,32,34,35)/t16-,23+/m0/s1. The Hall–Kier alpha value is -3.63. The predicted octanol–water partition coefficient (Wildman–Crippen LogP) is 4.84. The minimum atomic E-state index is -0.740. The Morgan fingerprint density at radius 2 is 1.87 bits per heavy atom. The Kier molecular flexibility index (Phi) is 9.71. The summed E-state index contributed by atoms with van der Waals surface area (Å²) in [5.41, 5.74) is 7.43. The van der Waals surface area contributed by atoms with Crippen LogP contribution in [0.1, 0.15) is 56.5 Å². The number of pyridine rings is 1. The first-order chi connectivity index (χ1) is 18.0. The van der Waals surface area contributed by atoms with E-state index < -0.39 is 29.8 Å². The number of nitrogens with two attached hydrogens (primary N) is 1. The number of ether oxygens (including phenoxy) is 1. The second kappa shape index (κ2) is 12.7. The molecule has 11 heteroatoms. The number of nitrogens with one attached hydrogen (secondary N) is 2. The molecule has 0 spiro atoms. The molecule has 0 bridgehead atoms. The molecule has 3 rings (SSSR count). The lowest BCUT2D eigenvalue weighted by Crippen LogP contribution is -2.41. The minimum Gasteiger partial charge on any atom is -0.460 e. The second-order valence-electron chi connectivity index (χ2n) is 9.55. The molecule has 9 nitrogen and oxygen atoms in total. The van der Waals surface area contributed by atoms with E-state index in [9.17, 15) is 14.0 Å². The van der Waals surface area contributed by atoms with Gasteiger partial charge in [-0.2, -0.15) is 0 Å². The summed E-state index contributed by atoms with van der Waals surface area (Å²) in [5.74, 6) is -0.947. The maximum Gasteiger partial charge on any atom is 0.323 e. The highest BCUT2D eigenvalue weighted by Gasteiger charge is 2.22. The fraction of sp³-hybridized carbons (Fsp3) is 0.370. The summed E-state index contributed by atoms with van der Waals surface area (Å²) in [6.45, 7) is 9.33. The Labute approximate surface area is 226 Å². The number of hydrogen-bond donors (Lipinski definition) is 3. The van der Waals surface area contributed by atoms with Crippen LogP contribution in [0.2, 0.25) is 5.02 Å². The van der Waals surface area contributed by atoms with Gasteiger partial charge in [-0.15, -0.1) is 0 Å². The first-order valence-electron chi connectivity index (χ1n) is 12.3. The van der Waals surface area contributed by atoms with Gasteiger partial charge in [-0.05, 0) is 43.0 Å². The fourth-order valence-corrected chi connectivity index (χ4v) is 3.62. The first kappa shape index (κ1) is 28.9. The van der Waals surface area contributed by atoms with Crippen molar-refractivity contribution in [1.82, 2.24) is 20.3 Å². The summed E-state index contributed by atoms with van der Waals surface area (Å²) in [6.07, 6.45) is 3.98. The maximum atomic E-state index is 14.5. The van der Waals surface area contributed by atoms with Gasteiger partial charge in [-0.25, -0.2) is 14.4 Å². The second-order valence-corrected chi connectivity index (χ2v) is 9.99. The van der Waals surface area contributed by atoms with Gasteiger partial charge in [0.05, 0.1) is 23.4 Å². The number of amides is 1. The number of halogens is 2. The summed E-state index contributed by atoms with van der Waals surface area (Å²) in [6, 6.07) is 5.05. The van der Waals surface area contributed by atoms with E-state index in [2.05, 4.69) is 25.6 Å². The minimum absolute atomic E-state index is 0.0302. The Morgan fingerprint density at radius 1 is 1.13 bits per heavy atom. The van der Waals surface area contributed by atoms with Crippen molar-refractivity contribution in [3.63, 3.8) is 0 Å². The number of benzene rings is 1. The molecule has 1 aromatic carbocycles. The van der Waals surface area contributed by atoms with E-state index in [1.165, 1.54) is 30.6 Å². The van der Waals surface area contributed by atoms with Gasteiger partial charge in [0.2, 0.25) is 0 Å². The van der Waals surface area contributed by atoms with Gasteiger partial charge in [0.15, 0.2) is 5.82 Å². The highest BCUT2D eigenvalue weighted by Crippen LogP contribution is 2.30. The van der Waals surface area contributed by atoms with Crippen molar-refractivity contribution in [2.24, 2.45) is 11.7 Å². The largest absolute Gasteiger partial charge is 0.460 e. The van der Waals surface area contributed by atoms with E-state index in [-0.39, 0.29) is 35.3 Å². The van der Waals surface area contributed by atoms with E-state index in [0.29, 0.717) is 16.5 Å². The molecular weight excluding hydrogens is 511 g/mol. The quantitative estimate of drug-likeness (QED) is 0.310. The van der Waals surface area contributed by atoms with Crippen molar-refractivity contribution >= 4 is 35.0 Å². The molecule has 0 aliphatic rings. The summed E-state index contributed by atoms with van der Waals surface area (Å²) in [4.78, 5) is 38.1. The van der Waals surface area contributed by atoms with Crippen molar-refractivity contribution in [3.05, 3.63) is 64.8 Å². The number of carbonyl (C=O) groups is 2. The lowest BCUT2D eigenvalue weighted by atomic mass is 10.1. The van der Waals surface area contributed by atoms with Crippen LogP contribution in [0.25, 0.3) is 11.4 Å². The van der Waals surface area contributed by atoms with Crippen LogP contribution in [0.15, 0.2) is 42.9 Å². The Balaban J connectivity index is 1.82. The molecule has 0 aliphatic carbocycles. The molecule has 0 radical (unpaired) electrons. The van der Waals surface area contributed by atoms with Gasteiger partial charge in [0.1, 0.15) is 23.8 Å². The van der Waals surface area contributed by atoms with E-state index in [1.54, 1.807) is 19.2 Å². The topological polar surface area (TPSA) is 132 Å². The Morgan fingerprint density at radius 3 is 2.55 bits per heavy atom. The lowest BCUT2D eigenvalue weighted by molar-refractivity contribution is -0.150. The van der Waals surface area contributed by atoms with Crippen LogP contribution < -0.4 is 16.4 Å². The van der Waals surface area contributed by atoms with Gasteiger partial charge in [-0.3, -0.25) is 14.6 Å². The third-order valence-electron chi connectivity index (χ3n) is 5.78. The maximum absolute atomic E-state index is 14.5. The summed E-state index contributed by atoms with van der Waals surface area (Å²) in [7, 11) is 0. The van der Waals surface area contributed by atoms with Crippen molar-refractivity contribution < 1.29 is 18.7 Å². The molecule has 4 N–H and O–H groups in total. The van der Waals surface area contributed by atoms with Crippen LogP contribution in [-0.2, 0) is 9.53 Å². The number of anilines is 2. The van der Waals surface area contributed by atoms with Crippen LogP contribution in [0, 0.1) is 11.7 Å². The highest BCUT2D eigenvalue weighted by atomic mass is 35.5. The SMILES string of the molecule is CC(C)c1cnc(-c2cc(Cl)ccc2F)nc1Nc1ccncc1C(=O)NC[C@H](C)OC(=O)[C@H](N)C(C)C. The molecular formula is C27H32ClFN6O3. The van der Waals surface area contributed by atoms with E-state index in [1.807, 2.05) is 27.7 Å². The lowest BCUT2D eigenvalue weighted by Gasteiger charge is -2.20. The third kappa shape index (κ3) is 7.23. The van der Waals surface area contributed by atoms with Crippen LogP contribution >= 0.6 is 11.6 Å². The van der Waals surface area contributed by atoms with Gasteiger partial charge in [0.25, 0.3) is 5.91 Å². The zero-order valence-corrected chi connectivity index (χ0v) is 22.7. The molecule has 0 saturated heterocycles. The van der Waals surface area contributed by atoms with Gasteiger partial charge >= 0.3 is 5.97 Å². The summed E-state index contributed by atoms with van der Waals surface area (Å²) in [5, 5.41) is 6.29. The monoisotopic (exact) mass is 542 g/mol. The molecule has 1 amide bonds. The highest BCUT2D eigenvalue weighted by molar-refractivity contribution is 6.30. The molecule has 38 heavy (non-hydrogen) atoms. The summed E-state index contributed by atoms with van der Waals surface area (Å²) >= 11 is 6.06. The summed E-state index contributed by atoms with van der Waals surface area (Å²) < 4.78 is 19.8. The van der Waals surface area contributed by atoms with Crippen LogP contribution in [-0.4, -0.2) is 45.5 Å². The number of hydrogen-bond acceptors (Lipinski definition) is 8. The molecule has 3 aromatic rings. The van der Waals surface area contributed by atoms with Crippen LogP contribution in [0.5, 0.6) is 0 Å². The fourth-order valence-electron chi connectivity index (χ4n) is 3.45. The van der Waals surface area contributed by atoms with Crippen molar-refractivity contribution in [1.29, 1.82) is 0 Å². The molecule has 0 unspecified atom stereocenters. The number of rotatable bonds is 10. The average Bonchev–Trinajstić information content (AvgIpc) is 2.88. The predicted molar refractivity (Wildman–Crippen MR) is 145 cm³/mol. The molecule has 0 saturated carbocycles. The zero-order chi connectivity index (χ0) is 28.0. The average molecular weight is 543 g/mol. The molecule has 2 atom stereocenters. The normalized spacial score (nSPS) is 12.8. The van der Waals surface area contributed by atoms with E-state index in [4.69, 9.17) is 22.1 Å². The van der Waals surface area contributed by atoms with Gasteiger partial charge in [0, 0.05) is 29.2 Å². The van der Waals surface area contributed by atoms with Crippen LogP contribution in [0.4, 0.5) is 15.9 Å². The van der Waals surface area contributed by atoms with Crippen molar-refractivity contribution in [2.45, 2.75) is 52.7 Å². The third-order valence-corrected chi connectivity index (χ3v) is 6.02. The number of aromatic nitrogens is 3. The van der Waals surface area contributed by atoms with Crippen LogP contribution in [0.3, 0.4) is 0 Å². The smallest absolute Gasteiger partial charge is 0.323 e. The van der Waals surface area contributed by atoms with E-state index >= 15 is 0 Å². The van der Waals surface area contributed by atoms with Gasteiger partial charge in [-0.1, -0.05) is 39.3 Å². The van der Waals surface area contributed by atoms with Gasteiger partial charge < -0.3 is 21.1 Å².